The van der Waals surface area contributed by atoms with Crippen molar-refractivity contribution in [2.24, 2.45) is 5.84 Å². The van der Waals surface area contributed by atoms with Crippen molar-refractivity contribution in [1.29, 1.82) is 0 Å². The van der Waals surface area contributed by atoms with Crippen molar-refractivity contribution >= 4 is 5.91 Å². The molecular formula is C11H14N4O2. The minimum Gasteiger partial charge on any atom is -0.454 e. The van der Waals surface area contributed by atoms with Crippen molar-refractivity contribution in [2.75, 3.05) is 0 Å². The van der Waals surface area contributed by atoms with Gasteiger partial charge in [-0.15, -0.1) is 0 Å². The number of nitrogen functional groups attached to an aromatic ring is 1. The first kappa shape index (κ1) is 11.4. The Morgan fingerprint density at radius 2 is 2.35 bits per heavy atom. The molecule has 0 radical (unpaired) electrons. The van der Waals surface area contributed by atoms with Crippen LogP contribution < -0.4 is 11.3 Å². The van der Waals surface area contributed by atoms with E-state index in [0.29, 0.717) is 12.3 Å². The van der Waals surface area contributed by atoms with Crippen LogP contribution in [0.2, 0.25) is 0 Å². The van der Waals surface area contributed by atoms with Gasteiger partial charge in [-0.1, -0.05) is 0 Å². The summed E-state index contributed by atoms with van der Waals surface area (Å²) in [6.45, 7) is 4.25. The van der Waals surface area contributed by atoms with Crippen molar-refractivity contribution < 1.29 is 9.21 Å². The summed E-state index contributed by atoms with van der Waals surface area (Å²) in [6, 6.07) is 3.72. The molecule has 3 N–H and O–H groups in total. The molecule has 0 fully saturated rings. The Hall–Kier alpha value is -2.08. The lowest BCUT2D eigenvalue weighted by Crippen LogP contribution is -2.30. The zero-order valence-electron chi connectivity index (χ0n) is 9.73. The molecule has 0 saturated heterocycles. The van der Waals surface area contributed by atoms with Crippen molar-refractivity contribution in [1.82, 2.24) is 15.2 Å². The molecule has 2 rings (SSSR count). The van der Waals surface area contributed by atoms with E-state index in [1.54, 1.807) is 17.8 Å². The molecule has 2 aromatic heterocycles. The molecule has 0 aromatic carbocycles. The lowest BCUT2D eigenvalue weighted by Gasteiger charge is -2.00. The van der Waals surface area contributed by atoms with Crippen LogP contribution in [0.25, 0.3) is 0 Å². The van der Waals surface area contributed by atoms with Crippen molar-refractivity contribution in [3.63, 3.8) is 0 Å². The molecule has 6 nitrogen and oxygen atoms in total. The molecule has 0 bridgehead atoms. The van der Waals surface area contributed by atoms with E-state index in [1.165, 1.54) is 0 Å². The van der Waals surface area contributed by atoms with Crippen molar-refractivity contribution in [3.8, 4) is 0 Å². The molecular weight excluding hydrogens is 220 g/mol. The molecule has 0 aliphatic carbocycles. The highest BCUT2D eigenvalue weighted by atomic mass is 16.4. The summed E-state index contributed by atoms with van der Waals surface area (Å²) in [5, 5.41) is 4.15. The van der Waals surface area contributed by atoms with E-state index in [-0.39, 0.29) is 5.76 Å². The van der Waals surface area contributed by atoms with E-state index >= 15 is 0 Å². The van der Waals surface area contributed by atoms with Crippen molar-refractivity contribution in [3.05, 3.63) is 41.1 Å². The Kier molecular flexibility index (Phi) is 2.97. The number of aryl methyl sites for hydroxylation is 2. The summed E-state index contributed by atoms with van der Waals surface area (Å²) in [6.07, 6.45) is 1.72. The number of aromatic nitrogens is 2. The highest BCUT2D eigenvalue weighted by Gasteiger charge is 2.15. The molecule has 17 heavy (non-hydrogen) atoms. The maximum Gasteiger partial charge on any atom is 0.301 e. The average Bonchev–Trinajstić information content (AvgIpc) is 2.86. The maximum absolute atomic E-state index is 11.4. The fraction of sp³-hybridized carbons (Fsp3) is 0.273. The summed E-state index contributed by atoms with van der Waals surface area (Å²) in [4.78, 5) is 11.4. The Balaban J connectivity index is 2.24. The largest absolute Gasteiger partial charge is 0.454 e. The van der Waals surface area contributed by atoms with Gasteiger partial charge in [0.2, 0.25) is 0 Å². The number of hydrogen-bond donors (Lipinski definition) is 2. The SMILES string of the molecule is Cc1cc(Cn2nccc2C)oc1C(=O)NN. The van der Waals surface area contributed by atoms with E-state index < -0.39 is 5.91 Å². The van der Waals surface area contributed by atoms with Gasteiger partial charge in [-0.2, -0.15) is 5.10 Å². The highest BCUT2D eigenvalue weighted by Crippen LogP contribution is 2.15. The van der Waals surface area contributed by atoms with Crippen LogP contribution in [0.4, 0.5) is 0 Å². The predicted molar refractivity (Wildman–Crippen MR) is 61.2 cm³/mol. The van der Waals surface area contributed by atoms with E-state index in [2.05, 4.69) is 10.5 Å². The number of furan rings is 1. The number of carbonyl (C=O) groups excluding carboxylic acids is 1. The normalized spacial score (nSPS) is 10.5. The number of nitrogens with zero attached hydrogens (tertiary/aromatic N) is 2. The standard InChI is InChI=1S/C11H14N4O2/c1-7-5-9(17-10(7)11(16)14-12)6-15-8(2)3-4-13-15/h3-5H,6,12H2,1-2H3,(H,14,16). The topological polar surface area (TPSA) is 86.1 Å². The highest BCUT2D eigenvalue weighted by molar-refractivity contribution is 5.92. The first-order chi connectivity index (χ1) is 8.11. The van der Waals surface area contributed by atoms with E-state index in [1.807, 2.05) is 19.1 Å². The molecule has 0 aliphatic rings. The second kappa shape index (κ2) is 4.42. The summed E-state index contributed by atoms with van der Waals surface area (Å²) >= 11 is 0. The van der Waals surface area contributed by atoms with Gasteiger partial charge >= 0.3 is 5.91 Å². The molecule has 0 saturated carbocycles. The molecule has 0 spiro atoms. The summed E-state index contributed by atoms with van der Waals surface area (Å²) in [5.74, 6) is 5.56. The minimum atomic E-state index is -0.425. The zero-order chi connectivity index (χ0) is 12.4. The van der Waals surface area contributed by atoms with E-state index in [0.717, 1.165) is 11.3 Å². The van der Waals surface area contributed by atoms with Crippen LogP contribution in [0.15, 0.2) is 22.7 Å². The molecule has 6 heteroatoms. The van der Waals surface area contributed by atoms with Gasteiger partial charge in [0, 0.05) is 17.5 Å². The van der Waals surface area contributed by atoms with Gasteiger partial charge in [-0.05, 0) is 26.0 Å². The van der Waals surface area contributed by atoms with E-state index in [4.69, 9.17) is 10.3 Å². The lowest BCUT2D eigenvalue weighted by molar-refractivity contribution is 0.0923. The van der Waals surface area contributed by atoms with E-state index in [9.17, 15) is 4.79 Å². The smallest absolute Gasteiger partial charge is 0.301 e. The van der Waals surface area contributed by atoms with Gasteiger partial charge < -0.3 is 4.42 Å². The summed E-state index contributed by atoms with van der Waals surface area (Å²) in [5.41, 5.74) is 3.84. The second-order valence-electron chi connectivity index (χ2n) is 3.83. The Morgan fingerprint density at radius 1 is 1.59 bits per heavy atom. The third-order valence-electron chi connectivity index (χ3n) is 2.54. The second-order valence-corrected chi connectivity index (χ2v) is 3.83. The Bertz CT molecular complexity index is 541. The van der Waals surface area contributed by atoms with Gasteiger partial charge in [0.05, 0.1) is 6.54 Å². The van der Waals surface area contributed by atoms with Crippen LogP contribution in [-0.4, -0.2) is 15.7 Å². The Labute approximate surface area is 98.4 Å². The van der Waals surface area contributed by atoms with Crippen LogP contribution in [0.1, 0.15) is 27.6 Å². The molecule has 2 aromatic rings. The number of rotatable bonds is 3. The minimum absolute atomic E-state index is 0.243. The quantitative estimate of drug-likeness (QED) is 0.466. The molecule has 0 atom stereocenters. The van der Waals surface area contributed by atoms with Crippen LogP contribution in [0, 0.1) is 13.8 Å². The predicted octanol–water partition coefficient (Wildman–Crippen LogP) is 0.745. The van der Waals surface area contributed by atoms with Gasteiger partial charge in [0.25, 0.3) is 0 Å². The third kappa shape index (κ3) is 2.21. The van der Waals surface area contributed by atoms with Crippen LogP contribution in [0.5, 0.6) is 0 Å². The number of nitrogens with two attached hydrogens (primary N) is 1. The van der Waals surface area contributed by atoms with Gasteiger partial charge in [0.1, 0.15) is 5.76 Å². The van der Waals surface area contributed by atoms with Crippen LogP contribution >= 0.6 is 0 Å². The molecule has 0 aliphatic heterocycles. The van der Waals surface area contributed by atoms with Crippen molar-refractivity contribution in [2.45, 2.75) is 20.4 Å². The summed E-state index contributed by atoms with van der Waals surface area (Å²) in [7, 11) is 0. The maximum atomic E-state index is 11.4. The number of nitrogens with one attached hydrogen (secondary N) is 1. The molecule has 1 amide bonds. The molecule has 90 valence electrons. The monoisotopic (exact) mass is 234 g/mol. The summed E-state index contributed by atoms with van der Waals surface area (Å²) < 4.78 is 7.24. The fourth-order valence-corrected chi connectivity index (χ4v) is 1.63. The average molecular weight is 234 g/mol. The number of carbonyl (C=O) groups is 1. The number of hydrogen-bond acceptors (Lipinski definition) is 4. The molecule has 0 unspecified atom stereocenters. The van der Waals surface area contributed by atoms with Gasteiger partial charge in [0.15, 0.2) is 5.76 Å². The third-order valence-corrected chi connectivity index (χ3v) is 2.54. The fourth-order valence-electron chi connectivity index (χ4n) is 1.63. The first-order valence-electron chi connectivity index (χ1n) is 5.20. The Morgan fingerprint density at radius 3 is 2.94 bits per heavy atom. The number of amides is 1. The van der Waals surface area contributed by atoms with Crippen LogP contribution in [0.3, 0.4) is 0 Å². The van der Waals surface area contributed by atoms with Gasteiger partial charge in [-0.3, -0.25) is 14.9 Å². The van der Waals surface area contributed by atoms with Crippen LogP contribution in [-0.2, 0) is 6.54 Å². The molecule has 2 heterocycles. The lowest BCUT2D eigenvalue weighted by atomic mass is 10.2. The first-order valence-corrected chi connectivity index (χ1v) is 5.20. The van der Waals surface area contributed by atoms with Gasteiger partial charge in [-0.25, -0.2) is 5.84 Å². The number of hydrazine groups is 1. The zero-order valence-corrected chi connectivity index (χ0v) is 9.73.